The number of aromatic nitrogens is 2. The van der Waals surface area contributed by atoms with Gasteiger partial charge < -0.3 is 4.57 Å². The van der Waals surface area contributed by atoms with E-state index in [1.165, 1.54) is 52.9 Å². The molecule has 122 valence electrons. The lowest BCUT2D eigenvalue weighted by Gasteiger charge is -2.14. The van der Waals surface area contributed by atoms with Crippen molar-refractivity contribution in [3.05, 3.63) is 51.1 Å². The average Bonchev–Trinajstić information content (AvgIpc) is 3.09. The van der Waals surface area contributed by atoms with E-state index in [0.717, 1.165) is 30.6 Å². The second-order valence-electron chi connectivity index (χ2n) is 6.65. The van der Waals surface area contributed by atoms with Gasteiger partial charge in [-0.15, -0.1) is 11.3 Å². The second-order valence-corrected chi connectivity index (χ2v) is 7.59. The first kappa shape index (κ1) is 15.4. The number of nitrogens with zero attached hydrogens (tertiary/aromatic N) is 3. The third-order valence-electron chi connectivity index (χ3n) is 4.97. The zero-order chi connectivity index (χ0) is 16.5. The summed E-state index contributed by atoms with van der Waals surface area (Å²) in [6.45, 7) is 2.90. The summed E-state index contributed by atoms with van der Waals surface area (Å²) in [6, 6.07) is 8.45. The highest BCUT2D eigenvalue weighted by molar-refractivity contribution is 7.09. The normalized spacial score (nSPS) is 14.8. The number of benzene rings is 1. The first-order chi connectivity index (χ1) is 11.8. The third kappa shape index (κ3) is 2.74. The van der Waals surface area contributed by atoms with Crippen molar-refractivity contribution in [2.45, 2.75) is 52.0 Å². The Morgan fingerprint density at radius 3 is 2.79 bits per heavy atom. The molecule has 2 aromatic heterocycles. The number of rotatable bonds is 2. The van der Waals surface area contributed by atoms with Gasteiger partial charge in [0, 0.05) is 27.7 Å². The van der Waals surface area contributed by atoms with Gasteiger partial charge in [-0.2, -0.15) is 5.26 Å². The maximum atomic E-state index is 9.28. The largest absolute Gasteiger partial charge is 0.337 e. The van der Waals surface area contributed by atoms with Gasteiger partial charge in [-0.05, 0) is 56.4 Å². The first-order valence-electron chi connectivity index (χ1n) is 8.71. The van der Waals surface area contributed by atoms with Gasteiger partial charge in [0.25, 0.3) is 0 Å². The van der Waals surface area contributed by atoms with Crippen LogP contribution in [0.3, 0.4) is 0 Å². The number of thiazole rings is 1. The molecule has 2 heterocycles. The summed E-state index contributed by atoms with van der Waals surface area (Å²) in [6.07, 6.45) is 7.40. The molecule has 0 spiro atoms. The van der Waals surface area contributed by atoms with Crippen LogP contribution in [0, 0.1) is 18.3 Å². The van der Waals surface area contributed by atoms with Crippen LogP contribution >= 0.6 is 11.3 Å². The molecule has 0 radical (unpaired) electrons. The number of hydrogen-bond donors (Lipinski definition) is 0. The van der Waals surface area contributed by atoms with Gasteiger partial charge in [0.1, 0.15) is 5.01 Å². The van der Waals surface area contributed by atoms with Crippen LogP contribution in [0.2, 0.25) is 0 Å². The molecular weight excluding hydrogens is 314 g/mol. The van der Waals surface area contributed by atoms with Crippen molar-refractivity contribution in [2.24, 2.45) is 0 Å². The van der Waals surface area contributed by atoms with Crippen LogP contribution in [0.25, 0.3) is 10.9 Å². The van der Waals surface area contributed by atoms with Crippen molar-refractivity contribution in [1.82, 2.24) is 9.55 Å². The molecule has 0 bridgehead atoms. The predicted octanol–water partition coefficient (Wildman–Crippen LogP) is 4.99. The average molecular weight is 335 g/mol. The molecule has 0 aliphatic heterocycles. The van der Waals surface area contributed by atoms with Gasteiger partial charge in [-0.3, -0.25) is 0 Å². The van der Waals surface area contributed by atoms with E-state index in [-0.39, 0.29) is 0 Å². The van der Waals surface area contributed by atoms with E-state index in [1.54, 1.807) is 11.3 Å². The first-order valence-corrected chi connectivity index (χ1v) is 9.59. The van der Waals surface area contributed by atoms with E-state index in [9.17, 15) is 5.26 Å². The van der Waals surface area contributed by atoms with E-state index in [4.69, 9.17) is 0 Å². The van der Waals surface area contributed by atoms with Crippen LogP contribution in [-0.2, 0) is 19.4 Å². The fraction of sp³-hybridized carbons (Fsp3) is 0.400. The van der Waals surface area contributed by atoms with Gasteiger partial charge in [0.2, 0.25) is 0 Å². The molecule has 24 heavy (non-hydrogen) atoms. The molecule has 0 saturated carbocycles. The molecule has 3 nitrogen and oxygen atoms in total. The Bertz CT molecular complexity index is 926. The molecular formula is C20H21N3S. The van der Waals surface area contributed by atoms with Gasteiger partial charge >= 0.3 is 0 Å². The predicted molar refractivity (Wildman–Crippen MR) is 98.5 cm³/mol. The van der Waals surface area contributed by atoms with Crippen LogP contribution in [0.5, 0.6) is 0 Å². The fourth-order valence-corrected chi connectivity index (χ4v) is 4.61. The standard InChI is InChI=1S/C20H21N3S/c1-14-13-24-20(22-14)12-23-18-7-5-3-2-4-6-16(18)17-10-15(11-21)8-9-19(17)23/h8-10,13H,2-7,12H2,1H3. The molecule has 0 atom stereocenters. The summed E-state index contributed by atoms with van der Waals surface area (Å²) in [5.41, 5.74) is 6.05. The number of nitriles is 1. The number of aryl methyl sites for hydroxylation is 2. The molecule has 0 N–H and O–H groups in total. The molecule has 4 heteroatoms. The highest BCUT2D eigenvalue weighted by Crippen LogP contribution is 2.32. The van der Waals surface area contributed by atoms with Gasteiger partial charge in [-0.1, -0.05) is 12.8 Å². The smallest absolute Gasteiger partial charge is 0.113 e. The third-order valence-corrected chi connectivity index (χ3v) is 5.92. The molecule has 0 saturated heterocycles. The quantitative estimate of drug-likeness (QED) is 0.662. The summed E-state index contributed by atoms with van der Waals surface area (Å²) in [5, 5.41) is 13.8. The van der Waals surface area contributed by atoms with E-state index < -0.39 is 0 Å². The lowest BCUT2D eigenvalue weighted by atomic mass is 9.96. The Morgan fingerprint density at radius 1 is 1.21 bits per heavy atom. The minimum atomic E-state index is 0.759. The Kier molecular flexibility index (Phi) is 4.12. The van der Waals surface area contributed by atoms with Crippen molar-refractivity contribution >= 4 is 22.2 Å². The summed E-state index contributed by atoms with van der Waals surface area (Å²) >= 11 is 1.74. The van der Waals surface area contributed by atoms with Crippen LogP contribution < -0.4 is 0 Å². The summed E-state index contributed by atoms with van der Waals surface area (Å²) in [7, 11) is 0. The summed E-state index contributed by atoms with van der Waals surface area (Å²) in [5.74, 6) is 0. The Hall–Kier alpha value is -2.12. The minimum Gasteiger partial charge on any atom is -0.337 e. The van der Waals surface area contributed by atoms with Crippen molar-refractivity contribution in [3.63, 3.8) is 0 Å². The fourth-order valence-electron chi connectivity index (χ4n) is 3.85. The van der Waals surface area contributed by atoms with Crippen LogP contribution in [0.4, 0.5) is 0 Å². The van der Waals surface area contributed by atoms with Gasteiger partial charge in [0.15, 0.2) is 0 Å². The lowest BCUT2D eigenvalue weighted by molar-refractivity contribution is 0.596. The van der Waals surface area contributed by atoms with Crippen LogP contribution in [0.15, 0.2) is 23.6 Å². The summed E-state index contributed by atoms with van der Waals surface area (Å²) < 4.78 is 2.45. The minimum absolute atomic E-state index is 0.759. The van der Waals surface area contributed by atoms with Crippen molar-refractivity contribution in [2.75, 3.05) is 0 Å². The van der Waals surface area contributed by atoms with Gasteiger partial charge in [0.05, 0.1) is 18.2 Å². The maximum absolute atomic E-state index is 9.28. The maximum Gasteiger partial charge on any atom is 0.113 e. The zero-order valence-electron chi connectivity index (χ0n) is 14.0. The summed E-state index contributed by atoms with van der Waals surface area (Å²) in [4.78, 5) is 4.66. The van der Waals surface area contributed by atoms with Crippen molar-refractivity contribution in [1.29, 1.82) is 5.26 Å². The molecule has 1 aromatic carbocycles. The molecule has 0 fully saturated rings. The highest BCUT2D eigenvalue weighted by atomic mass is 32.1. The second kappa shape index (κ2) is 6.41. The van der Waals surface area contributed by atoms with Crippen molar-refractivity contribution < 1.29 is 0 Å². The van der Waals surface area contributed by atoms with Crippen molar-refractivity contribution in [3.8, 4) is 6.07 Å². The van der Waals surface area contributed by atoms with E-state index in [0.29, 0.717) is 0 Å². The molecule has 1 aliphatic rings. The van der Waals surface area contributed by atoms with E-state index in [2.05, 4.69) is 40.1 Å². The van der Waals surface area contributed by atoms with Gasteiger partial charge in [-0.25, -0.2) is 4.98 Å². The lowest BCUT2D eigenvalue weighted by Crippen LogP contribution is -2.07. The van der Waals surface area contributed by atoms with Crippen LogP contribution in [-0.4, -0.2) is 9.55 Å². The molecule has 0 unspecified atom stereocenters. The Morgan fingerprint density at radius 2 is 2.04 bits per heavy atom. The van der Waals surface area contributed by atoms with E-state index in [1.807, 2.05) is 6.07 Å². The number of fused-ring (bicyclic) bond motifs is 3. The van der Waals surface area contributed by atoms with Crippen LogP contribution in [0.1, 0.15) is 53.2 Å². The topological polar surface area (TPSA) is 41.6 Å². The monoisotopic (exact) mass is 335 g/mol. The van der Waals surface area contributed by atoms with E-state index >= 15 is 0 Å². The SMILES string of the molecule is Cc1csc(Cn2c3c(c4cc(C#N)ccc42)CCCCCC3)n1. The zero-order valence-corrected chi connectivity index (χ0v) is 14.8. The molecule has 1 aliphatic carbocycles. The molecule has 0 amide bonds. The molecule has 3 aromatic rings. The Labute approximate surface area is 146 Å². The molecule has 4 rings (SSSR count). The highest BCUT2D eigenvalue weighted by Gasteiger charge is 2.19. The number of hydrogen-bond acceptors (Lipinski definition) is 3. The Balaban J connectivity index is 1.89.